The zero-order valence-electron chi connectivity index (χ0n) is 23.0. The van der Waals surface area contributed by atoms with Crippen molar-refractivity contribution < 1.29 is 35.4 Å². The van der Waals surface area contributed by atoms with Crippen molar-refractivity contribution in [1.29, 1.82) is 0 Å². The summed E-state index contributed by atoms with van der Waals surface area (Å²) in [6.45, 7) is -1.29. The van der Waals surface area contributed by atoms with Gasteiger partial charge in [-0.15, -0.1) is 4.68 Å². The highest BCUT2D eigenvalue weighted by molar-refractivity contribution is 6.31. The van der Waals surface area contributed by atoms with Crippen LogP contribution in [-0.4, -0.2) is 51.2 Å². The van der Waals surface area contributed by atoms with Gasteiger partial charge in [0.25, 0.3) is 6.33 Å². The zero-order valence-corrected chi connectivity index (χ0v) is 23.8. The number of tetrazole rings is 1. The van der Waals surface area contributed by atoms with Crippen molar-refractivity contribution in [3.8, 4) is 27.9 Å². The largest absolute Gasteiger partial charge is 0.433 e. The molecule has 0 unspecified atom stereocenters. The van der Waals surface area contributed by atoms with Crippen molar-refractivity contribution in [1.82, 2.24) is 45.1 Å². The van der Waals surface area contributed by atoms with Crippen LogP contribution >= 0.6 is 11.6 Å². The molecule has 236 valence electrons. The average molecular weight is 664 g/mol. The number of pyridine rings is 2. The number of hydrogen-bond acceptors (Lipinski definition) is 6. The summed E-state index contributed by atoms with van der Waals surface area (Å²) in [6, 6.07) is 8.98. The minimum Gasteiger partial charge on any atom is -0.263 e. The number of H-pyrrole nitrogens is 1. The Labute approximate surface area is 259 Å². The third kappa shape index (κ3) is 6.58. The van der Waals surface area contributed by atoms with E-state index in [0.29, 0.717) is 22.5 Å². The number of halogens is 8. The summed E-state index contributed by atoms with van der Waals surface area (Å²) in [5.74, 6) is -0.727. The summed E-state index contributed by atoms with van der Waals surface area (Å²) >= 11 is 6.08. The van der Waals surface area contributed by atoms with E-state index in [9.17, 15) is 26.3 Å². The van der Waals surface area contributed by atoms with Crippen LogP contribution in [0.4, 0.5) is 30.7 Å². The summed E-state index contributed by atoms with van der Waals surface area (Å²) in [6.07, 6.45) is -1.38. The molecule has 6 aromatic rings. The molecule has 0 amide bonds. The van der Waals surface area contributed by atoms with Gasteiger partial charge in [-0.05, 0) is 42.0 Å². The maximum absolute atomic E-state index is 15.3. The van der Waals surface area contributed by atoms with Gasteiger partial charge in [-0.25, -0.2) is 4.39 Å². The maximum atomic E-state index is 15.3. The second-order valence-electron chi connectivity index (χ2n) is 10.0. The molecule has 0 bridgehead atoms. The molecule has 0 aliphatic carbocycles. The topological polar surface area (TPSA) is 107 Å². The minimum absolute atomic E-state index is 0.00884. The van der Waals surface area contributed by atoms with Gasteiger partial charge < -0.3 is 0 Å². The lowest BCUT2D eigenvalue weighted by atomic mass is 10.0. The van der Waals surface area contributed by atoms with E-state index in [1.165, 1.54) is 58.7 Å². The molecule has 0 aliphatic rings. The fourth-order valence-corrected chi connectivity index (χ4v) is 4.96. The monoisotopic (exact) mass is 663 g/mol. The minimum atomic E-state index is -4.66. The third-order valence-corrected chi connectivity index (χ3v) is 7.16. The van der Waals surface area contributed by atoms with Crippen molar-refractivity contribution in [3.63, 3.8) is 0 Å². The maximum Gasteiger partial charge on any atom is 0.433 e. The Morgan fingerprint density at radius 3 is 2.46 bits per heavy atom. The first kappa shape index (κ1) is 30.8. The smallest absolute Gasteiger partial charge is 0.263 e. The molecule has 0 aliphatic heterocycles. The number of nitrogens with one attached hydrogen (secondary N) is 1. The Hall–Kier alpha value is -5.19. The highest BCUT2D eigenvalue weighted by Gasteiger charge is 2.33. The van der Waals surface area contributed by atoms with E-state index >= 15 is 4.39 Å². The Morgan fingerprint density at radius 1 is 0.935 bits per heavy atom. The first-order valence-corrected chi connectivity index (χ1v) is 13.6. The predicted molar refractivity (Wildman–Crippen MR) is 147 cm³/mol. The van der Waals surface area contributed by atoms with E-state index in [1.54, 1.807) is 18.2 Å². The lowest BCUT2D eigenvalue weighted by molar-refractivity contribution is -0.659. The summed E-state index contributed by atoms with van der Waals surface area (Å²) in [7, 11) is 0. The molecule has 0 spiro atoms. The number of nitrogens with zero attached hydrogens (tertiary/aromatic N) is 9. The van der Waals surface area contributed by atoms with Crippen LogP contribution in [0.5, 0.6) is 0 Å². The first-order chi connectivity index (χ1) is 21.9. The van der Waals surface area contributed by atoms with Crippen LogP contribution in [0.15, 0.2) is 79.8 Å². The molecule has 6 rings (SSSR count). The van der Waals surface area contributed by atoms with Crippen LogP contribution in [0.3, 0.4) is 0 Å². The van der Waals surface area contributed by atoms with E-state index in [4.69, 9.17) is 11.6 Å². The van der Waals surface area contributed by atoms with Gasteiger partial charge in [0.1, 0.15) is 23.0 Å². The van der Waals surface area contributed by atoms with Crippen LogP contribution in [0.1, 0.15) is 23.1 Å². The van der Waals surface area contributed by atoms with Crippen molar-refractivity contribution in [2.24, 2.45) is 0 Å². The van der Waals surface area contributed by atoms with Crippen molar-refractivity contribution >= 4 is 11.6 Å². The summed E-state index contributed by atoms with van der Waals surface area (Å²) in [5, 5.41) is 18.2. The van der Waals surface area contributed by atoms with Gasteiger partial charge in [0.05, 0.1) is 34.2 Å². The Bertz CT molecular complexity index is 1970. The lowest BCUT2D eigenvalue weighted by Gasteiger charge is -2.17. The van der Waals surface area contributed by atoms with Gasteiger partial charge in [-0.3, -0.25) is 19.3 Å². The fourth-order valence-electron chi connectivity index (χ4n) is 4.80. The summed E-state index contributed by atoms with van der Waals surface area (Å²) in [4.78, 5) is 7.90. The average Bonchev–Trinajstić information content (AvgIpc) is 3.79. The second kappa shape index (κ2) is 12.0. The molecule has 5 aromatic heterocycles. The van der Waals surface area contributed by atoms with Crippen LogP contribution in [0.2, 0.25) is 5.02 Å². The number of aromatic amines is 1. The molecular weight excluding hydrogens is 645 g/mol. The van der Waals surface area contributed by atoms with Crippen LogP contribution in [0.25, 0.3) is 27.9 Å². The van der Waals surface area contributed by atoms with Crippen molar-refractivity contribution in [2.75, 3.05) is 0 Å². The van der Waals surface area contributed by atoms with E-state index in [0.717, 1.165) is 16.9 Å². The SMILES string of the molecule is Fc1c(Cl)ccc(-[n+]2cnn[nH]2)c1-c1ccc([C@H](Cc2ccn(CC(F)(F)F)n2)n2cc(-c3ccnc(C(F)(F)F)c3)cn2)nc1. The Balaban J connectivity index is 1.38. The van der Waals surface area contributed by atoms with E-state index in [1.807, 2.05) is 0 Å². The highest BCUT2D eigenvalue weighted by atomic mass is 35.5. The van der Waals surface area contributed by atoms with E-state index in [-0.39, 0.29) is 28.3 Å². The lowest BCUT2D eigenvalue weighted by Crippen LogP contribution is -2.33. The summed E-state index contributed by atoms with van der Waals surface area (Å²) < 4.78 is 97.6. The number of benzene rings is 1. The molecule has 0 saturated carbocycles. The number of rotatable bonds is 8. The molecule has 1 N–H and O–H groups in total. The molecule has 5 heterocycles. The molecular formula is C28H19ClF7N10+. The van der Waals surface area contributed by atoms with Crippen molar-refractivity contribution in [3.05, 3.63) is 108 Å². The van der Waals surface area contributed by atoms with Crippen molar-refractivity contribution in [2.45, 2.75) is 31.4 Å². The number of alkyl halides is 6. The van der Waals surface area contributed by atoms with Crippen LogP contribution < -0.4 is 4.68 Å². The van der Waals surface area contributed by atoms with Crippen LogP contribution in [0, 0.1) is 5.82 Å². The predicted octanol–water partition coefficient (Wildman–Crippen LogP) is 5.80. The molecule has 1 aromatic carbocycles. The quantitative estimate of drug-likeness (QED) is 0.163. The Morgan fingerprint density at radius 2 is 1.76 bits per heavy atom. The highest BCUT2D eigenvalue weighted by Crippen LogP contribution is 2.34. The Kier molecular flexibility index (Phi) is 8.01. The first-order valence-electron chi connectivity index (χ1n) is 13.2. The fraction of sp³-hybridized carbons (Fsp3) is 0.179. The standard InChI is InChI=1S/C28H18ClF7N10/c29-20-2-4-22(46-15-39-42-43-46)25(26(20)30)17-1-3-21(38-11-17)23(10-19-6-8-44(41-19)14-27(31,32)33)45-13-18(12-40-45)16-5-7-37-24(9-16)28(34,35)36/h1-9,11-13,15,23H,10,14H2/p+1/t23-/m0/s1. The zero-order chi connectivity index (χ0) is 32.6. The number of aromatic nitrogens is 10. The van der Waals surface area contributed by atoms with Gasteiger partial charge in [0, 0.05) is 42.3 Å². The molecule has 46 heavy (non-hydrogen) atoms. The van der Waals surface area contributed by atoms with Gasteiger partial charge in [-0.2, -0.15) is 36.5 Å². The van der Waals surface area contributed by atoms with Gasteiger partial charge in [-0.1, -0.05) is 22.9 Å². The third-order valence-electron chi connectivity index (χ3n) is 6.87. The van der Waals surface area contributed by atoms with E-state index < -0.39 is 36.5 Å². The second-order valence-corrected chi connectivity index (χ2v) is 10.4. The van der Waals surface area contributed by atoms with Gasteiger partial charge in [0.2, 0.25) is 0 Å². The van der Waals surface area contributed by atoms with Gasteiger partial charge in [0.15, 0.2) is 11.0 Å². The normalized spacial score (nSPS) is 12.9. The molecule has 0 radical (unpaired) electrons. The summed E-state index contributed by atoms with van der Waals surface area (Å²) in [5.41, 5.74) is 0.809. The van der Waals surface area contributed by atoms with Crippen LogP contribution in [-0.2, 0) is 19.1 Å². The molecule has 0 fully saturated rings. The molecule has 0 saturated heterocycles. The van der Waals surface area contributed by atoms with E-state index in [2.05, 4.69) is 35.7 Å². The molecule has 10 nitrogen and oxygen atoms in total. The molecule has 18 heteroatoms. The molecule has 1 atom stereocenters. The number of hydrogen-bond donors (Lipinski definition) is 1. The van der Waals surface area contributed by atoms with Gasteiger partial charge >= 0.3 is 12.4 Å².